The highest BCUT2D eigenvalue weighted by Gasteiger charge is 2.13. The summed E-state index contributed by atoms with van der Waals surface area (Å²) in [6, 6.07) is 16.2. The van der Waals surface area contributed by atoms with E-state index in [1.54, 1.807) is 24.3 Å². The molecular formula is C16H15NO3. The van der Waals surface area contributed by atoms with Crippen LogP contribution in [0.4, 0.5) is 5.69 Å². The number of methoxy groups -OCH3 is 1. The number of ether oxygens (including phenoxy) is 1. The topological polar surface area (TPSA) is 55.4 Å². The maximum absolute atomic E-state index is 12.0. The van der Waals surface area contributed by atoms with Crippen molar-refractivity contribution in [2.24, 2.45) is 0 Å². The van der Waals surface area contributed by atoms with Gasteiger partial charge in [0.15, 0.2) is 0 Å². The molecule has 0 radical (unpaired) electrons. The van der Waals surface area contributed by atoms with Gasteiger partial charge in [0.1, 0.15) is 0 Å². The Kier molecular flexibility index (Phi) is 4.50. The van der Waals surface area contributed by atoms with Gasteiger partial charge in [0.25, 0.3) is 0 Å². The van der Waals surface area contributed by atoms with Gasteiger partial charge in [-0.3, -0.25) is 4.79 Å². The summed E-state index contributed by atoms with van der Waals surface area (Å²) in [5.74, 6) is -0.645. The summed E-state index contributed by atoms with van der Waals surface area (Å²) in [6.45, 7) is 0. The average Bonchev–Trinajstić information content (AvgIpc) is 2.48. The highest BCUT2D eigenvalue weighted by Crippen LogP contribution is 2.16. The summed E-state index contributed by atoms with van der Waals surface area (Å²) in [6.07, 6.45) is 0.260. The van der Waals surface area contributed by atoms with E-state index in [0.717, 1.165) is 5.56 Å². The average molecular weight is 269 g/mol. The number of nitrogens with one attached hydrogen (secondary N) is 1. The largest absolute Gasteiger partial charge is 0.465 e. The molecule has 1 N–H and O–H groups in total. The van der Waals surface area contributed by atoms with Crippen LogP contribution in [-0.2, 0) is 16.0 Å². The third-order valence-electron chi connectivity index (χ3n) is 2.81. The Balaban J connectivity index is 2.10. The Labute approximate surface area is 117 Å². The van der Waals surface area contributed by atoms with E-state index in [9.17, 15) is 9.59 Å². The molecule has 0 spiro atoms. The second kappa shape index (κ2) is 6.52. The zero-order valence-corrected chi connectivity index (χ0v) is 11.1. The molecule has 0 unspecified atom stereocenters. The SMILES string of the molecule is COC(=O)c1ccccc1NC(=O)Cc1ccccc1. The van der Waals surface area contributed by atoms with Crippen LogP contribution in [0.1, 0.15) is 15.9 Å². The minimum Gasteiger partial charge on any atom is -0.465 e. The summed E-state index contributed by atoms with van der Waals surface area (Å²) in [4.78, 5) is 23.6. The van der Waals surface area contributed by atoms with E-state index in [1.807, 2.05) is 30.3 Å². The third kappa shape index (κ3) is 3.45. The molecule has 2 rings (SSSR count). The van der Waals surface area contributed by atoms with Gasteiger partial charge in [0.2, 0.25) is 5.91 Å². The quantitative estimate of drug-likeness (QED) is 0.868. The van der Waals surface area contributed by atoms with Crippen LogP contribution >= 0.6 is 0 Å². The smallest absolute Gasteiger partial charge is 0.339 e. The molecule has 0 aromatic heterocycles. The number of carbonyl (C=O) groups excluding carboxylic acids is 2. The molecule has 0 saturated carbocycles. The molecule has 1 amide bonds. The highest BCUT2D eigenvalue weighted by atomic mass is 16.5. The summed E-state index contributed by atoms with van der Waals surface area (Å²) in [5.41, 5.74) is 1.72. The number of esters is 1. The van der Waals surface area contributed by atoms with Crippen LogP contribution in [0, 0.1) is 0 Å². The molecule has 2 aromatic carbocycles. The van der Waals surface area contributed by atoms with Gasteiger partial charge in [-0.05, 0) is 17.7 Å². The van der Waals surface area contributed by atoms with Crippen LogP contribution in [0.2, 0.25) is 0 Å². The maximum atomic E-state index is 12.0. The number of hydrogen-bond donors (Lipinski definition) is 1. The van der Waals surface area contributed by atoms with Gasteiger partial charge in [-0.2, -0.15) is 0 Å². The molecule has 0 aliphatic rings. The number of benzene rings is 2. The molecule has 4 heteroatoms. The first-order valence-corrected chi connectivity index (χ1v) is 6.22. The molecule has 0 fully saturated rings. The number of rotatable bonds is 4. The first kappa shape index (κ1) is 13.8. The lowest BCUT2D eigenvalue weighted by Crippen LogP contribution is -2.17. The lowest BCUT2D eigenvalue weighted by atomic mass is 10.1. The Bertz CT molecular complexity index is 608. The highest BCUT2D eigenvalue weighted by molar-refractivity contribution is 6.01. The lowest BCUT2D eigenvalue weighted by molar-refractivity contribution is -0.115. The first-order valence-electron chi connectivity index (χ1n) is 6.22. The van der Waals surface area contributed by atoms with E-state index in [2.05, 4.69) is 10.1 Å². The molecule has 0 aliphatic heterocycles. The summed E-state index contributed by atoms with van der Waals surface area (Å²) >= 11 is 0. The molecule has 0 saturated heterocycles. The fraction of sp³-hybridized carbons (Fsp3) is 0.125. The Morgan fingerprint density at radius 3 is 2.35 bits per heavy atom. The Hall–Kier alpha value is -2.62. The van der Waals surface area contributed by atoms with Crippen molar-refractivity contribution in [3.8, 4) is 0 Å². The van der Waals surface area contributed by atoms with Crippen LogP contribution in [0.3, 0.4) is 0 Å². The molecule has 0 aliphatic carbocycles. The van der Waals surface area contributed by atoms with E-state index in [-0.39, 0.29) is 12.3 Å². The van der Waals surface area contributed by atoms with E-state index in [1.165, 1.54) is 7.11 Å². The van der Waals surface area contributed by atoms with Crippen LogP contribution in [0.5, 0.6) is 0 Å². The molecule has 0 atom stereocenters. The fourth-order valence-corrected chi connectivity index (χ4v) is 1.86. The van der Waals surface area contributed by atoms with Crippen molar-refractivity contribution in [1.29, 1.82) is 0 Å². The van der Waals surface area contributed by atoms with Crippen LogP contribution < -0.4 is 5.32 Å². The second-order valence-electron chi connectivity index (χ2n) is 4.25. The summed E-state index contributed by atoms with van der Waals surface area (Å²) < 4.78 is 4.69. The summed E-state index contributed by atoms with van der Waals surface area (Å²) in [5, 5.41) is 2.73. The van der Waals surface area contributed by atoms with Crippen molar-refractivity contribution >= 4 is 17.6 Å². The second-order valence-corrected chi connectivity index (χ2v) is 4.25. The molecule has 102 valence electrons. The van der Waals surface area contributed by atoms with E-state index >= 15 is 0 Å². The minimum absolute atomic E-state index is 0.174. The maximum Gasteiger partial charge on any atom is 0.339 e. The van der Waals surface area contributed by atoms with Crippen LogP contribution in [-0.4, -0.2) is 19.0 Å². The van der Waals surface area contributed by atoms with Gasteiger partial charge >= 0.3 is 5.97 Å². The molecular weight excluding hydrogens is 254 g/mol. The van der Waals surface area contributed by atoms with Crippen molar-refractivity contribution < 1.29 is 14.3 Å². The zero-order valence-electron chi connectivity index (χ0n) is 11.1. The number of para-hydroxylation sites is 1. The minimum atomic E-state index is -0.472. The van der Waals surface area contributed by atoms with Crippen molar-refractivity contribution in [2.75, 3.05) is 12.4 Å². The van der Waals surface area contributed by atoms with E-state index in [4.69, 9.17) is 0 Å². The van der Waals surface area contributed by atoms with Crippen LogP contribution in [0.15, 0.2) is 54.6 Å². The van der Waals surface area contributed by atoms with Crippen molar-refractivity contribution in [1.82, 2.24) is 0 Å². The number of anilines is 1. The van der Waals surface area contributed by atoms with Crippen molar-refractivity contribution in [3.63, 3.8) is 0 Å². The van der Waals surface area contributed by atoms with Crippen molar-refractivity contribution in [3.05, 3.63) is 65.7 Å². The predicted molar refractivity (Wildman–Crippen MR) is 76.6 cm³/mol. The predicted octanol–water partition coefficient (Wildman–Crippen LogP) is 2.65. The third-order valence-corrected chi connectivity index (χ3v) is 2.81. The normalized spacial score (nSPS) is 9.85. The van der Waals surface area contributed by atoms with Gasteiger partial charge in [0, 0.05) is 0 Å². The van der Waals surface area contributed by atoms with Crippen LogP contribution in [0.25, 0.3) is 0 Å². The monoisotopic (exact) mass is 269 g/mol. The number of hydrogen-bond acceptors (Lipinski definition) is 3. The molecule has 20 heavy (non-hydrogen) atoms. The molecule has 4 nitrogen and oxygen atoms in total. The van der Waals surface area contributed by atoms with E-state index < -0.39 is 5.97 Å². The van der Waals surface area contributed by atoms with E-state index in [0.29, 0.717) is 11.3 Å². The number of carbonyl (C=O) groups is 2. The van der Waals surface area contributed by atoms with Gasteiger partial charge in [-0.1, -0.05) is 42.5 Å². The van der Waals surface area contributed by atoms with Gasteiger partial charge in [0.05, 0.1) is 24.8 Å². The zero-order chi connectivity index (χ0) is 14.4. The Morgan fingerprint density at radius 1 is 1.00 bits per heavy atom. The van der Waals surface area contributed by atoms with Gasteiger partial charge < -0.3 is 10.1 Å². The van der Waals surface area contributed by atoms with Gasteiger partial charge in [-0.15, -0.1) is 0 Å². The number of amides is 1. The molecule has 2 aromatic rings. The Morgan fingerprint density at radius 2 is 1.65 bits per heavy atom. The standard InChI is InChI=1S/C16H15NO3/c1-20-16(19)13-9-5-6-10-14(13)17-15(18)11-12-7-3-2-4-8-12/h2-10H,11H2,1H3,(H,17,18). The van der Waals surface area contributed by atoms with Gasteiger partial charge in [-0.25, -0.2) is 4.79 Å². The fourth-order valence-electron chi connectivity index (χ4n) is 1.86. The lowest BCUT2D eigenvalue weighted by Gasteiger charge is -2.09. The first-order chi connectivity index (χ1) is 9.70. The van der Waals surface area contributed by atoms with Crippen molar-refractivity contribution in [2.45, 2.75) is 6.42 Å². The molecule has 0 heterocycles. The summed E-state index contributed by atoms with van der Waals surface area (Å²) in [7, 11) is 1.31. The molecule has 0 bridgehead atoms.